The average Bonchev–Trinajstić information content (AvgIpc) is 3.17. The van der Waals surface area contributed by atoms with Crippen LogP contribution in [0.3, 0.4) is 0 Å². The molecule has 30 heavy (non-hydrogen) atoms. The third-order valence-corrected chi connectivity index (χ3v) is 4.98. The van der Waals surface area contributed by atoms with Crippen molar-refractivity contribution in [2.24, 2.45) is 7.05 Å². The molecule has 0 N–H and O–H groups in total. The lowest BCUT2D eigenvalue weighted by molar-refractivity contribution is 0.104. The van der Waals surface area contributed by atoms with Gasteiger partial charge in [-0.05, 0) is 70.9 Å². The van der Waals surface area contributed by atoms with Crippen LogP contribution in [-0.4, -0.2) is 29.1 Å². The van der Waals surface area contributed by atoms with Crippen LogP contribution in [0.5, 0.6) is 17.2 Å². The van der Waals surface area contributed by atoms with Crippen molar-refractivity contribution in [3.63, 3.8) is 0 Å². The Morgan fingerprint density at radius 3 is 2.60 bits per heavy atom. The Morgan fingerprint density at radius 1 is 1.20 bits per heavy atom. The van der Waals surface area contributed by atoms with Crippen LogP contribution >= 0.6 is 15.9 Å². The lowest BCUT2D eigenvalue weighted by Crippen LogP contribution is -2.03. The molecule has 0 saturated carbocycles. The van der Waals surface area contributed by atoms with E-state index in [0.717, 1.165) is 15.9 Å². The van der Waals surface area contributed by atoms with Gasteiger partial charge in [0.2, 0.25) is 0 Å². The van der Waals surface area contributed by atoms with Crippen molar-refractivity contribution in [3.8, 4) is 17.2 Å². The van der Waals surface area contributed by atoms with Crippen LogP contribution in [0.1, 0.15) is 28.7 Å². The maximum absolute atomic E-state index is 12.5. The molecular weight excluding hydrogens is 448 g/mol. The molecule has 1 heterocycles. The minimum atomic E-state index is -0.102. The van der Waals surface area contributed by atoms with Crippen LogP contribution in [0.2, 0.25) is 0 Å². The molecule has 3 aromatic rings. The molecule has 0 bridgehead atoms. The highest BCUT2D eigenvalue weighted by atomic mass is 79.9. The van der Waals surface area contributed by atoms with Gasteiger partial charge in [0.1, 0.15) is 18.2 Å². The second-order valence-corrected chi connectivity index (χ2v) is 7.29. The summed E-state index contributed by atoms with van der Waals surface area (Å²) >= 11 is 3.49. The maximum Gasteiger partial charge on any atom is 0.185 e. The molecule has 2 aromatic carbocycles. The van der Waals surface area contributed by atoms with Crippen LogP contribution < -0.4 is 14.2 Å². The number of carbonyl (C=O) groups is 1. The number of ketones is 1. The minimum absolute atomic E-state index is 0.102. The van der Waals surface area contributed by atoms with Gasteiger partial charge < -0.3 is 18.8 Å². The van der Waals surface area contributed by atoms with Gasteiger partial charge in [-0.15, -0.1) is 0 Å². The van der Waals surface area contributed by atoms with Gasteiger partial charge in [0.15, 0.2) is 17.3 Å². The van der Waals surface area contributed by atoms with Crippen LogP contribution in [0.4, 0.5) is 0 Å². The minimum Gasteiger partial charge on any atom is -0.493 e. The fourth-order valence-electron chi connectivity index (χ4n) is 2.79. The van der Waals surface area contributed by atoms with Crippen LogP contribution in [0, 0.1) is 0 Å². The summed E-state index contributed by atoms with van der Waals surface area (Å²) in [6.07, 6.45) is 6.87. The number of aromatic nitrogens is 2. The molecule has 0 aliphatic rings. The number of imidazole rings is 1. The fraction of sp³-hybridized carbons (Fsp3) is 0.217. The van der Waals surface area contributed by atoms with Crippen molar-refractivity contribution in [1.82, 2.24) is 9.55 Å². The Hall–Kier alpha value is -3.06. The van der Waals surface area contributed by atoms with Gasteiger partial charge in [0.05, 0.1) is 18.2 Å². The monoisotopic (exact) mass is 470 g/mol. The number of allylic oxidation sites excluding steroid dienone is 1. The zero-order valence-corrected chi connectivity index (χ0v) is 18.7. The molecule has 0 saturated heterocycles. The normalized spacial score (nSPS) is 10.9. The van der Waals surface area contributed by atoms with Crippen LogP contribution in [-0.2, 0) is 13.7 Å². The van der Waals surface area contributed by atoms with Crippen molar-refractivity contribution in [3.05, 3.63) is 76.3 Å². The van der Waals surface area contributed by atoms with Crippen molar-refractivity contribution in [2.75, 3.05) is 13.7 Å². The number of nitrogens with zero attached hydrogens (tertiary/aromatic N) is 2. The molecule has 7 heteroatoms. The second-order valence-electron chi connectivity index (χ2n) is 6.43. The molecule has 6 nitrogen and oxygen atoms in total. The number of carbonyl (C=O) groups excluding carboxylic acids is 1. The Kier molecular flexibility index (Phi) is 7.30. The summed E-state index contributed by atoms with van der Waals surface area (Å²) in [6, 6.07) is 10.8. The van der Waals surface area contributed by atoms with Gasteiger partial charge in [-0.3, -0.25) is 4.79 Å². The highest BCUT2D eigenvalue weighted by molar-refractivity contribution is 9.10. The Morgan fingerprint density at radius 2 is 1.97 bits per heavy atom. The predicted octanol–water partition coefficient (Wildman–Crippen LogP) is 5.07. The molecule has 0 aliphatic carbocycles. The summed E-state index contributed by atoms with van der Waals surface area (Å²) in [5, 5.41) is 0. The standard InChI is InChI=1S/C23H23BrN2O4/c1-4-29-23-19(24)13-16(14-21(23)28-3)5-10-20(27)17-6-8-18(9-7-17)30-15-22-25-11-12-26(22)2/h5-14H,4,15H2,1-3H3/b10-5+. The van der Waals surface area contributed by atoms with Crippen LogP contribution in [0.25, 0.3) is 6.08 Å². The van der Waals surface area contributed by atoms with Crippen molar-refractivity contribution in [2.45, 2.75) is 13.5 Å². The van der Waals surface area contributed by atoms with Crippen molar-refractivity contribution < 1.29 is 19.0 Å². The number of methoxy groups -OCH3 is 1. The van der Waals surface area contributed by atoms with Crippen molar-refractivity contribution in [1.29, 1.82) is 0 Å². The molecule has 0 radical (unpaired) electrons. The first-order chi connectivity index (χ1) is 14.5. The van der Waals surface area contributed by atoms with Crippen molar-refractivity contribution >= 4 is 27.8 Å². The molecule has 1 aromatic heterocycles. The highest BCUT2D eigenvalue weighted by Crippen LogP contribution is 2.37. The highest BCUT2D eigenvalue weighted by Gasteiger charge is 2.11. The average molecular weight is 471 g/mol. The first-order valence-electron chi connectivity index (χ1n) is 9.43. The maximum atomic E-state index is 12.5. The molecule has 0 aliphatic heterocycles. The Balaban J connectivity index is 1.66. The topological polar surface area (TPSA) is 62.6 Å². The van der Waals surface area contributed by atoms with E-state index >= 15 is 0 Å². The Labute approximate surface area is 184 Å². The van der Waals surface area contributed by atoms with E-state index in [2.05, 4.69) is 20.9 Å². The number of hydrogen-bond donors (Lipinski definition) is 0. The largest absolute Gasteiger partial charge is 0.493 e. The zero-order valence-electron chi connectivity index (χ0n) is 17.1. The molecule has 0 unspecified atom stereocenters. The van der Waals surface area contributed by atoms with E-state index < -0.39 is 0 Å². The van der Waals surface area contributed by atoms with E-state index in [1.165, 1.54) is 6.08 Å². The molecule has 0 fully saturated rings. The van der Waals surface area contributed by atoms with E-state index in [0.29, 0.717) is 36.0 Å². The van der Waals surface area contributed by atoms with E-state index in [-0.39, 0.29) is 5.78 Å². The third-order valence-electron chi connectivity index (χ3n) is 4.40. The fourth-order valence-corrected chi connectivity index (χ4v) is 3.36. The first-order valence-corrected chi connectivity index (χ1v) is 10.2. The molecule has 0 amide bonds. The predicted molar refractivity (Wildman–Crippen MR) is 119 cm³/mol. The summed E-state index contributed by atoms with van der Waals surface area (Å²) in [7, 11) is 3.50. The number of benzene rings is 2. The summed E-state index contributed by atoms with van der Waals surface area (Å²) in [4.78, 5) is 16.7. The number of hydrogen-bond acceptors (Lipinski definition) is 5. The number of ether oxygens (including phenoxy) is 3. The summed E-state index contributed by atoms with van der Waals surface area (Å²) in [5.74, 6) is 2.65. The lowest BCUT2D eigenvalue weighted by Gasteiger charge is -2.12. The van der Waals surface area contributed by atoms with Crippen LogP contribution in [0.15, 0.2) is 59.3 Å². The van der Waals surface area contributed by atoms with Gasteiger partial charge in [-0.25, -0.2) is 4.98 Å². The molecular formula is C23H23BrN2O4. The number of aryl methyl sites for hydroxylation is 1. The van der Waals surface area contributed by atoms with Gasteiger partial charge in [0, 0.05) is 25.0 Å². The smallest absolute Gasteiger partial charge is 0.185 e. The van der Waals surface area contributed by atoms with E-state index in [9.17, 15) is 4.79 Å². The van der Waals surface area contributed by atoms with E-state index in [4.69, 9.17) is 14.2 Å². The SMILES string of the molecule is CCOc1c(Br)cc(/C=C/C(=O)c2ccc(OCc3nccn3C)cc2)cc1OC. The van der Waals surface area contributed by atoms with Gasteiger partial charge in [-0.2, -0.15) is 0 Å². The van der Waals surface area contributed by atoms with Gasteiger partial charge in [-0.1, -0.05) is 6.08 Å². The molecule has 3 rings (SSSR count). The molecule has 156 valence electrons. The first kappa shape index (κ1) is 21.6. The number of halogens is 1. The third kappa shape index (κ3) is 5.30. The summed E-state index contributed by atoms with van der Waals surface area (Å²) < 4.78 is 19.4. The van der Waals surface area contributed by atoms with E-state index in [1.807, 2.05) is 36.9 Å². The lowest BCUT2D eigenvalue weighted by atomic mass is 10.1. The second kappa shape index (κ2) is 10.1. The number of rotatable bonds is 9. The molecule has 0 atom stereocenters. The Bertz CT molecular complexity index is 1040. The zero-order chi connectivity index (χ0) is 21.5. The summed E-state index contributed by atoms with van der Waals surface area (Å²) in [5.41, 5.74) is 1.40. The molecule has 0 spiro atoms. The van der Waals surface area contributed by atoms with E-state index in [1.54, 1.807) is 43.6 Å². The van der Waals surface area contributed by atoms with Gasteiger partial charge >= 0.3 is 0 Å². The van der Waals surface area contributed by atoms with Gasteiger partial charge in [0.25, 0.3) is 0 Å². The quantitative estimate of drug-likeness (QED) is 0.322. The summed E-state index contributed by atoms with van der Waals surface area (Å²) in [6.45, 7) is 2.81.